The van der Waals surface area contributed by atoms with E-state index in [4.69, 9.17) is 4.74 Å². The van der Waals surface area contributed by atoms with Crippen molar-refractivity contribution in [2.75, 3.05) is 0 Å². The van der Waals surface area contributed by atoms with Gasteiger partial charge in [-0.3, -0.25) is 4.79 Å². The lowest BCUT2D eigenvalue weighted by atomic mass is 9.77. The number of carbonyl (C=O) groups is 1. The first-order chi connectivity index (χ1) is 22.3. The standard InChI is InChI=1S/C33H24BrF10NO3/c1-17(2)47-28-14-20(6-10-27(28)37)31(16-18-3-7-22(34)8-4-18,21-12-23(35)15-24(13-21)48-33(43,44)30(38)39)45-29(46)19-5-9-26(36)25(11-19)32(40,41)42/h3-15,17,30H,16H2,1-2H3,(H,45,46)/t31-/m1/s1. The number of amides is 1. The Labute approximate surface area is 275 Å². The Morgan fingerprint density at radius 2 is 1.46 bits per heavy atom. The summed E-state index contributed by atoms with van der Waals surface area (Å²) in [5.74, 6) is -6.64. The maximum absolute atomic E-state index is 15.2. The van der Waals surface area contributed by atoms with E-state index in [1.54, 1.807) is 26.0 Å². The van der Waals surface area contributed by atoms with Gasteiger partial charge in [-0.1, -0.05) is 34.1 Å². The molecule has 0 aromatic heterocycles. The first-order valence-corrected chi connectivity index (χ1v) is 14.7. The molecule has 1 atom stereocenters. The average Bonchev–Trinajstić information content (AvgIpc) is 2.97. The fourth-order valence-electron chi connectivity index (χ4n) is 4.80. The van der Waals surface area contributed by atoms with E-state index in [0.29, 0.717) is 22.2 Å². The molecule has 15 heteroatoms. The van der Waals surface area contributed by atoms with Crippen LogP contribution in [0.3, 0.4) is 0 Å². The molecule has 0 aliphatic carbocycles. The van der Waals surface area contributed by atoms with Crippen LogP contribution in [0.25, 0.3) is 0 Å². The zero-order valence-electron chi connectivity index (χ0n) is 24.7. The van der Waals surface area contributed by atoms with Crippen molar-refractivity contribution in [3.05, 3.63) is 129 Å². The molecule has 0 aliphatic heterocycles. The molecule has 4 nitrogen and oxygen atoms in total. The smallest absolute Gasteiger partial charge is 0.461 e. The number of hydrogen-bond acceptors (Lipinski definition) is 3. The fraction of sp³-hybridized carbons (Fsp3) is 0.242. The predicted molar refractivity (Wildman–Crippen MR) is 158 cm³/mol. The molecule has 4 aromatic rings. The summed E-state index contributed by atoms with van der Waals surface area (Å²) < 4.78 is 149. The lowest BCUT2D eigenvalue weighted by Crippen LogP contribution is -2.49. The Morgan fingerprint density at radius 1 is 0.812 bits per heavy atom. The molecule has 4 aromatic carbocycles. The predicted octanol–water partition coefficient (Wildman–Crippen LogP) is 9.83. The Bertz CT molecular complexity index is 1780. The van der Waals surface area contributed by atoms with Gasteiger partial charge in [0.2, 0.25) is 0 Å². The molecule has 0 saturated carbocycles. The van der Waals surface area contributed by atoms with Gasteiger partial charge < -0.3 is 14.8 Å². The highest BCUT2D eigenvalue weighted by Gasteiger charge is 2.45. The van der Waals surface area contributed by atoms with Crippen molar-refractivity contribution in [1.82, 2.24) is 5.32 Å². The monoisotopic (exact) mass is 751 g/mol. The summed E-state index contributed by atoms with van der Waals surface area (Å²) in [6.07, 6.45) is -15.6. The average molecular weight is 752 g/mol. The summed E-state index contributed by atoms with van der Waals surface area (Å²) in [4.78, 5) is 13.8. The minimum atomic E-state index is -5.21. The van der Waals surface area contributed by atoms with Crippen molar-refractivity contribution in [3.63, 3.8) is 0 Å². The number of nitrogens with one attached hydrogen (secondary N) is 1. The zero-order chi connectivity index (χ0) is 35.6. The summed E-state index contributed by atoms with van der Waals surface area (Å²) in [5, 5.41) is 2.50. The zero-order valence-corrected chi connectivity index (χ0v) is 26.3. The third-order valence-electron chi connectivity index (χ3n) is 6.90. The second-order valence-corrected chi connectivity index (χ2v) is 11.7. The lowest BCUT2D eigenvalue weighted by Gasteiger charge is -2.37. The largest absolute Gasteiger partial charge is 0.488 e. The Balaban J connectivity index is 2.03. The van der Waals surface area contributed by atoms with Crippen LogP contribution in [0, 0.1) is 17.5 Å². The molecular formula is C33H24BrF10NO3. The van der Waals surface area contributed by atoms with Crippen LogP contribution >= 0.6 is 15.9 Å². The third kappa shape index (κ3) is 8.41. The molecule has 4 rings (SSSR count). The number of rotatable bonds is 11. The molecule has 1 amide bonds. The van der Waals surface area contributed by atoms with Crippen LogP contribution in [0.15, 0.2) is 83.3 Å². The molecule has 1 N–H and O–H groups in total. The Kier molecular flexibility index (Phi) is 10.7. The number of benzene rings is 4. The number of carbonyl (C=O) groups excluding carboxylic acids is 1. The summed E-state index contributed by atoms with van der Waals surface area (Å²) >= 11 is 3.26. The molecule has 48 heavy (non-hydrogen) atoms. The number of ether oxygens (including phenoxy) is 2. The van der Waals surface area contributed by atoms with E-state index in [2.05, 4.69) is 26.0 Å². The van der Waals surface area contributed by atoms with Crippen LogP contribution in [-0.2, 0) is 18.1 Å². The molecule has 0 aliphatic rings. The van der Waals surface area contributed by atoms with Crippen molar-refractivity contribution in [1.29, 1.82) is 0 Å². The third-order valence-corrected chi connectivity index (χ3v) is 7.43. The molecule has 0 heterocycles. The SMILES string of the molecule is CC(C)Oc1cc([C@@](Cc2ccc(Br)cc2)(NC(=O)c2ccc(F)c(C(F)(F)F)c2)c2cc(F)cc(OC(F)(F)C(F)F)c2)ccc1F. The number of halogens is 11. The molecule has 0 radical (unpaired) electrons. The van der Waals surface area contributed by atoms with Gasteiger partial charge in [0.1, 0.15) is 17.4 Å². The van der Waals surface area contributed by atoms with Gasteiger partial charge in [0.05, 0.1) is 17.2 Å². The molecular weight excluding hydrogens is 728 g/mol. The van der Waals surface area contributed by atoms with Crippen molar-refractivity contribution < 1.29 is 58.2 Å². The Hall–Kier alpha value is -4.27. The second-order valence-electron chi connectivity index (χ2n) is 10.8. The van der Waals surface area contributed by atoms with Crippen LogP contribution in [0.1, 0.15) is 46.5 Å². The van der Waals surface area contributed by atoms with E-state index in [0.717, 1.165) is 36.4 Å². The van der Waals surface area contributed by atoms with Crippen molar-refractivity contribution in [3.8, 4) is 11.5 Å². The minimum absolute atomic E-state index is 0.105. The van der Waals surface area contributed by atoms with Crippen molar-refractivity contribution >= 4 is 21.8 Å². The van der Waals surface area contributed by atoms with E-state index in [9.17, 15) is 44.3 Å². The first kappa shape index (κ1) is 36.6. The van der Waals surface area contributed by atoms with Crippen LogP contribution in [-0.4, -0.2) is 24.5 Å². The lowest BCUT2D eigenvalue weighted by molar-refractivity contribution is -0.253. The molecule has 0 bridgehead atoms. The van der Waals surface area contributed by atoms with Gasteiger partial charge in [-0.15, -0.1) is 0 Å². The van der Waals surface area contributed by atoms with Crippen LogP contribution < -0.4 is 14.8 Å². The van der Waals surface area contributed by atoms with Gasteiger partial charge in [-0.2, -0.15) is 30.7 Å². The quantitative estimate of drug-likeness (QED) is 0.155. The molecule has 0 fully saturated rings. The van der Waals surface area contributed by atoms with Gasteiger partial charge in [0.25, 0.3) is 5.91 Å². The first-order valence-electron chi connectivity index (χ1n) is 13.9. The highest BCUT2D eigenvalue weighted by molar-refractivity contribution is 9.10. The van der Waals surface area contributed by atoms with E-state index in [1.807, 2.05) is 0 Å². The summed E-state index contributed by atoms with van der Waals surface area (Å²) in [5.41, 5.74) is -4.87. The summed E-state index contributed by atoms with van der Waals surface area (Å²) in [6.45, 7) is 3.13. The molecule has 0 saturated heterocycles. The number of hydrogen-bond donors (Lipinski definition) is 1. The van der Waals surface area contributed by atoms with Gasteiger partial charge in [0, 0.05) is 22.5 Å². The normalized spacial score (nSPS) is 13.4. The fourth-order valence-corrected chi connectivity index (χ4v) is 5.06. The maximum atomic E-state index is 15.2. The molecule has 0 spiro atoms. The van der Waals surface area contributed by atoms with Gasteiger partial charge in [-0.25, -0.2) is 13.2 Å². The second kappa shape index (κ2) is 14.1. The summed E-state index contributed by atoms with van der Waals surface area (Å²) in [7, 11) is 0. The van der Waals surface area contributed by atoms with Crippen LogP contribution in [0.2, 0.25) is 0 Å². The highest BCUT2D eigenvalue weighted by atomic mass is 79.9. The molecule has 256 valence electrons. The van der Waals surface area contributed by atoms with Crippen LogP contribution in [0.5, 0.6) is 11.5 Å². The maximum Gasteiger partial charge on any atom is 0.461 e. The van der Waals surface area contributed by atoms with Crippen LogP contribution in [0.4, 0.5) is 43.9 Å². The topological polar surface area (TPSA) is 47.6 Å². The Morgan fingerprint density at radius 3 is 2.06 bits per heavy atom. The van der Waals surface area contributed by atoms with Crippen molar-refractivity contribution in [2.45, 2.75) is 50.6 Å². The van der Waals surface area contributed by atoms with Gasteiger partial charge >= 0.3 is 18.7 Å². The molecule has 0 unspecified atom stereocenters. The van der Waals surface area contributed by atoms with E-state index in [-0.39, 0.29) is 17.4 Å². The van der Waals surface area contributed by atoms with E-state index >= 15 is 4.39 Å². The van der Waals surface area contributed by atoms with Gasteiger partial charge in [-0.05, 0) is 85.1 Å². The minimum Gasteiger partial charge on any atom is -0.488 e. The van der Waals surface area contributed by atoms with E-state index < -0.39 is 82.6 Å². The number of alkyl halides is 7. The van der Waals surface area contributed by atoms with Crippen molar-refractivity contribution in [2.24, 2.45) is 0 Å². The summed E-state index contributed by atoms with van der Waals surface area (Å²) in [6, 6.07) is 12.5. The van der Waals surface area contributed by atoms with Gasteiger partial charge in [0.15, 0.2) is 11.6 Å². The van der Waals surface area contributed by atoms with E-state index in [1.165, 1.54) is 12.1 Å². The highest BCUT2D eigenvalue weighted by Crippen LogP contribution is 2.40.